The van der Waals surface area contributed by atoms with Crippen LogP contribution >= 0.6 is 12.2 Å². The third kappa shape index (κ3) is 3.25. The summed E-state index contributed by atoms with van der Waals surface area (Å²) in [6.45, 7) is 2.02. The van der Waals surface area contributed by atoms with Gasteiger partial charge in [0.1, 0.15) is 0 Å². The molecule has 0 amide bonds. The minimum absolute atomic E-state index is 0.150. The van der Waals surface area contributed by atoms with Crippen molar-refractivity contribution in [3.05, 3.63) is 46.6 Å². The number of H-pyrrole nitrogens is 1. The average molecular weight is 249 g/mol. The topological polar surface area (TPSA) is 63.4 Å². The molecule has 2 aromatic rings. The van der Waals surface area contributed by atoms with Crippen LogP contribution in [0.2, 0.25) is 0 Å². The molecule has 1 aromatic carbocycles. The molecule has 17 heavy (non-hydrogen) atoms. The van der Waals surface area contributed by atoms with Gasteiger partial charge in [-0.25, -0.2) is 5.10 Å². The first-order valence-electron chi connectivity index (χ1n) is 5.02. The normalized spacial score (nSPS) is 11.5. The van der Waals surface area contributed by atoms with Crippen LogP contribution in [-0.2, 0) is 11.4 Å². The Morgan fingerprint density at radius 3 is 2.88 bits per heavy atom. The van der Waals surface area contributed by atoms with Crippen LogP contribution in [0.25, 0.3) is 0 Å². The van der Waals surface area contributed by atoms with E-state index in [-0.39, 0.29) is 11.4 Å². The van der Waals surface area contributed by atoms with Crippen molar-refractivity contribution in [2.24, 2.45) is 5.16 Å². The van der Waals surface area contributed by atoms with Crippen LogP contribution in [0.1, 0.15) is 18.4 Å². The number of hydrogen-bond acceptors (Lipinski definition) is 5. The van der Waals surface area contributed by atoms with E-state index in [2.05, 4.69) is 15.4 Å². The van der Waals surface area contributed by atoms with Crippen LogP contribution in [0.15, 0.2) is 39.9 Å². The third-order valence-corrected chi connectivity index (χ3v) is 2.24. The highest BCUT2D eigenvalue weighted by Crippen LogP contribution is 2.03. The fraction of sp³-hybridized carbons (Fsp3) is 0.182. The molecule has 0 bridgehead atoms. The first-order valence-corrected chi connectivity index (χ1v) is 5.43. The number of benzene rings is 1. The molecule has 1 aromatic heterocycles. The van der Waals surface area contributed by atoms with Crippen molar-refractivity contribution >= 4 is 17.9 Å². The molecule has 1 N–H and O–H groups in total. The summed E-state index contributed by atoms with van der Waals surface area (Å²) >= 11 is 4.74. The SMILES string of the molecule is C/C(=N\OCc1n[nH]c(=S)o1)c1ccccc1. The van der Waals surface area contributed by atoms with Crippen LogP contribution in [0.3, 0.4) is 0 Å². The molecular formula is C11H11N3O2S. The van der Waals surface area contributed by atoms with Crippen LogP contribution < -0.4 is 0 Å². The van der Waals surface area contributed by atoms with Gasteiger partial charge in [0.25, 0.3) is 10.7 Å². The Balaban J connectivity index is 1.95. The predicted octanol–water partition coefficient (Wildman–Crippen LogP) is 2.67. The van der Waals surface area contributed by atoms with Gasteiger partial charge in [0.15, 0.2) is 6.61 Å². The van der Waals surface area contributed by atoms with Gasteiger partial charge in [-0.2, -0.15) is 0 Å². The Bertz CT molecular complexity index is 559. The molecule has 0 atom stereocenters. The maximum absolute atomic E-state index is 5.11. The molecule has 0 saturated heterocycles. The Hall–Kier alpha value is -1.95. The lowest BCUT2D eigenvalue weighted by atomic mass is 10.1. The Morgan fingerprint density at radius 1 is 1.47 bits per heavy atom. The van der Waals surface area contributed by atoms with Crippen LogP contribution in [0.5, 0.6) is 0 Å². The lowest BCUT2D eigenvalue weighted by Gasteiger charge is -1.99. The fourth-order valence-corrected chi connectivity index (χ4v) is 1.38. The van der Waals surface area contributed by atoms with Crippen molar-refractivity contribution in [1.82, 2.24) is 10.2 Å². The summed E-state index contributed by atoms with van der Waals surface area (Å²) in [5.41, 5.74) is 1.80. The summed E-state index contributed by atoms with van der Waals surface area (Å²) in [4.78, 5) is 5.34. The number of hydrogen-bond donors (Lipinski definition) is 1. The lowest BCUT2D eigenvalue weighted by Crippen LogP contribution is -1.96. The van der Waals surface area contributed by atoms with Crippen molar-refractivity contribution in [2.75, 3.05) is 0 Å². The molecule has 2 rings (SSSR count). The van der Waals surface area contributed by atoms with Gasteiger partial charge in [0, 0.05) is 0 Å². The number of aromatic nitrogens is 2. The lowest BCUT2D eigenvalue weighted by molar-refractivity contribution is 0.110. The van der Waals surface area contributed by atoms with Gasteiger partial charge in [-0.15, -0.1) is 5.10 Å². The first kappa shape index (κ1) is 11.5. The van der Waals surface area contributed by atoms with E-state index in [1.165, 1.54) is 0 Å². The molecule has 0 spiro atoms. The van der Waals surface area contributed by atoms with Crippen molar-refractivity contribution < 1.29 is 9.25 Å². The van der Waals surface area contributed by atoms with E-state index in [0.717, 1.165) is 11.3 Å². The van der Waals surface area contributed by atoms with Crippen LogP contribution in [0, 0.1) is 4.84 Å². The fourth-order valence-electron chi connectivity index (χ4n) is 1.24. The third-order valence-electron chi connectivity index (χ3n) is 2.06. The van der Waals surface area contributed by atoms with Gasteiger partial charge in [-0.3, -0.25) is 0 Å². The van der Waals surface area contributed by atoms with E-state index in [4.69, 9.17) is 21.5 Å². The number of oxime groups is 1. The zero-order valence-electron chi connectivity index (χ0n) is 9.21. The number of nitrogens with zero attached hydrogens (tertiary/aromatic N) is 2. The summed E-state index contributed by atoms with van der Waals surface area (Å²) in [6.07, 6.45) is 0. The molecule has 0 aliphatic rings. The van der Waals surface area contributed by atoms with Crippen molar-refractivity contribution in [3.63, 3.8) is 0 Å². The largest absolute Gasteiger partial charge is 0.410 e. The van der Waals surface area contributed by atoms with Crippen LogP contribution in [0.4, 0.5) is 0 Å². The predicted molar refractivity (Wildman–Crippen MR) is 65.1 cm³/mol. The van der Waals surface area contributed by atoms with Crippen molar-refractivity contribution in [1.29, 1.82) is 0 Å². The van der Waals surface area contributed by atoms with E-state index in [1.54, 1.807) is 0 Å². The Morgan fingerprint density at radius 2 is 2.24 bits per heavy atom. The second-order valence-electron chi connectivity index (χ2n) is 3.32. The summed E-state index contributed by atoms with van der Waals surface area (Å²) < 4.78 is 5.02. The van der Waals surface area contributed by atoms with Gasteiger partial charge >= 0.3 is 0 Å². The number of nitrogens with one attached hydrogen (secondary N) is 1. The van der Waals surface area contributed by atoms with Crippen molar-refractivity contribution in [2.45, 2.75) is 13.5 Å². The second kappa shape index (κ2) is 5.40. The zero-order chi connectivity index (χ0) is 12.1. The first-order chi connectivity index (χ1) is 8.25. The summed E-state index contributed by atoms with van der Waals surface area (Å²) in [5, 5.41) is 10.3. The van der Waals surface area contributed by atoms with Gasteiger partial charge < -0.3 is 9.25 Å². The molecule has 0 fully saturated rings. The van der Waals surface area contributed by atoms with E-state index in [0.29, 0.717) is 5.89 Å². The molecule has 88 valence electrons. The summed E-state index contributed by atoms with van der Waals surface area (Å²) in [7, 11) is 0. The van der Waals surface area contributed by atoms with Gasteiger partial charge in [-0.05, 0) is 24.7 Å². The van der Waals surface area contributed by atoms with E-state index < -0.39 is 0 Å². The second-order valence-corrected chi connectivity index (χ2v) is 3.69. The highest BCUT2D eigenvalue weighted by molar-refractivity contribution is 7.71. The molecule has 5 nitrogen and oxygen atoms in total. The molecule has 0 aliphatic carbocycles. The molecular weight excluding hydrogens is 238 g/mol. The Labute approximate surface area is 103 Å². The molecule has 6 heteroatoms. The number of aromatic amines is 1. The van der Waals surface area contributed by atoms with Gasteiger partial charge in [0.05, 0.1) is 5.71 Å². The highest BCUT2D eigenvalue weighted by atomic mass is 32.1. The zero-order valence-corrected chi connectivity index (χ0v) is 10.0. The van der Waals surface area contributed by atoms with Crippen LogP contribution in [-0.4, -0.2) is 15.9 Å². The Kier molecular flexibility index (Phi) is 3.66. The smallest absolute Gasteiger partial charge is 0.284 e. The minimum Gasteiger partial charge on any atom is -0.410 e. The minimum atomic E-state index is 0.150. The molecule has 0 unspecified atom stereocenters. The molecule has 1 heterocycles. The standard InChI is InChI=1S/C11H11N3O2S/c1-8(9-5-3-2-4-6-9)14-15-7-10-12-13-11(17)16-10/h2-6H,7H2,1H3,(H,13,17)/b14-8+. The van der Waals surface area contributed by atoms with Gasteiger partial charge in [-0.1, -0.05) is 35.5 Å². The average Bonchev–Trinajstić information content (AvgIpc) is 2.76. The monoisotopic (exact) mass is 249 g/mol. The summed E-state index contributed by atoms with van der Waals surface area (Å²) in [5.74, 6) is 0.375. The number of rotatable bonds is 4. The highest BCUT2D eigenvalue weighted by Gasteiger charge is 2.00. The molecule has 0 aliphatic heterocycles. The summed E-state index contributed by atoms with van der Waals surface area (Å²) in [6, 6.07) is 9.76. The molecule has 0 radical (unpaired) electrons. The maximum atomic E-state index is 5.11. The maximum Gasteiger partial charge on any atom is 0.284 e. The quantitative estimate of drug-likeness (QED) is 0.514. The van der Waals surface area contributed by atoms with E-state index in [9.17, 15) is 0 Å². The van der Waals surface area contributed by atoms with E-state index in [1.807, 2.05) is 37.3 Å². The van der Waals surface area contributed by atoms with Gasteiger partial charge in [0.2, 0.25) is 0 Å². The molecule has 0 saturated carbocycles. The van der Waals surface area contributed by atoms with Crippen molar-refractivity contribution in [3.8, 4) is 0 Å². The van der Waals surface area contributed by atoms with E-state index >= 15 is 0 Å².